The number of nitrogens with one attached hydrogen (secondary N) is 1. The van der Waals surface area contributed by atoms with Gasteiger partial charge in [-0.05, 0) is 6.26 Å². The van der Waals surface area contributed by atoms with Crippen molar-refractivity contribution in [3.8, 4) is 0 Å². The molecule has 9 heteroatoms. The van der Waals surface area contributed by atoms with Crippen LogP contribution < -0.4 is 0 Å². The van der Waals surface area contributed by atoms with Crippen LogP contribution in [-0.2, 0) is 6.42 Å². The van der Waals surface area contributed by atoms with Crippen molar-refractivity contribution in [3.05, 3.63) is 5.82 Å². The molecule has 98 valence electrons. The lowest BCUT2D eigenvalue weighted by atomic mass is 10.4. The van der Waals surface area contributed by atoms with E-state index in [1.54, 1.807) is 11.8 Å². The van der Waals surface area contributed by atoms with E-state index in [-0.39, 0.29) is 5.16 Å². The summed E-state index contributed by atoms with van der Waals surface area (Å²) < 4.78 is 36.0. The number of H-pyrrole nitrogens is 1. The molecular formula is C8H12F3N3OS2. The molecule has 1 rings (SSSR count). The number of aromatic nitrogens is 3. The molecule has 1 aromatic heterocycles. The van der Waals surface area contributed by atoms with E-state index in [9.17, 15) is 13.2 Å². The molecule has 0 fully saturated rings. The van der Waals surface area contributed by atoms with Gasteiger partial charge in [-0.25, -0.2) is 4.98 Å². The van der Waals surface area contributed by atoms with E-state index in [1.165, 1.54) is 0 Å². The molecule has 17 heavy (non-hydrogen) atoms. The molecule has 1 aromatic rings. The van der Waals surface area contributed by atoms with Gasteiger partial charge in [0.15, 0.2) is 6.10 Å². The monoisotopic (exact) mass is 287 g/mol. The van der Waals surface area contributed by atoms with Crippen LogP contribution in [0.3, 0.4) is 0 Å². The molecule has 1 unspecified atom stereocenters. The van der Waals surface area contributed by atoms with Crippen LogP contribution in [0.4, 0.5) is 13.2 Å². The highest BCUT2D eigenvalue weighted by molar-refractivity contribution is 7.99. The van der Waals surface area contributed by atoms with Gasteiger partial charge in [0.2, 0.25) is 5.16 Å². The minimum atomic E-state index is -4.59. The Morgan fingerprint density at radius 2 is 2.18 bits per heavy atom. The van der Waals surface area contributed by atoms with E-state index in [0.29, 0.717) is 12.2 Å². The summed E-state index contributed by atoms with van der Waals surface area (Å²) in [4.78, 5) is 4.01. The Kier molecular flexibility index (Phi) is 5.60. The van der Waals surface area contributed by atoms with Crippen LogP contribution in [0.1, 0.15) is 5.82 Å². The topological polar surface area (TPSA) is 61.8 Å². The number of hydrogen-bond acceptors (Lipinski definition) is 5. The molecule has 0 spiro atoms. The van der Waals surface area contributed by atoms with Gasteiger partial charge in [0, 0.05) is 17.9 Å². The smallest absolute Gasteiger partial charge is 0.383 e. The zero-order valence-electron chi connectivity index (χ0n) is 8.99. The summed E-state index contributed by atoms with van der Waals surface area (Å²) in [5.74, 6) is 1.01. The fraction of sp³-hybridized carbons (Fsp3) is 0.750. The molecule has 2 N–H and O–H groups in total. The Labute approximate surface area is 105 Å². The maximum atomic E-state index is 12.0. The second-order valence-electron chi connectivity index (χ2n) is 3.18. The lowest BCUT2D eigenvalue weighted by molar-refractivity contribution is -0.195. The zero-order chi connectivity index (χ0) is 12.9. The lowest BCUT2D eigenvalue weighted by Gasteiger charge is -2.12. The van der Waals surface area contributed by atoms with Crippen molar-refractivity contribution in [1.29, 1.82) is 0 Å². The average molecular weight is 287 g/mol. The predicted octanol–water partition coefficient (Wildman–Crippen LogP) is 1.73. The SMILES string of the molecule is CSCCc1nc(SCC(O)C(F)(F)F)n[nH]1. The van der Waals surface area contributed by atoms with Gasteiger partial charge >= 0.3 is 6.18 Å². The molecule has 1 atom stereocenters. The first-order valence-electron chi connectivity index (χ1n) is 4.71. The Morgan fingerprint density at radius 3 is 2.76 bits per heavy atom. The lowest BCUT2D eigenvalue weighted by Crippen LogP contribution is -2.30. The van der Waals surface area contributed by atoms with Gasteiger partial charge in [0.25, 0.3) is 0 Å². The summed E-state index contributed by atoms with van der Waals surface area (Å²) in [6.07, 6.45) is -4.30. The van der Waals surface area contributed by atoms with E-state index >= 15 is 0 Å². The highest BCUT2D eigenvalue weighted by atomic mass is 32.2. The van der Waals surface area contributed by atoms with Gasteiger partial charge in [0.1, 0.15) is 5.82 Å². The highest BCUT2D eigenvalue weighted by Crippen LogP contribution is 2.25. The number of thioether (sulfide) groups is 2. The Morgan fingerprint density at radius 1 is 1.47 bits per heavy atom. The fourth-order valence-electron chi connectivity index (χ4n) is 0.901. The number of halogens is 3. The number of hydrogen-bond donors (Lipinski definition) is 2. The molecule has 0 amide bonds. The molecule has 0 bridgehead atoms. The van der Waals surface area contributed by atoms with Gasteiger partial charge < -0.3 is 5.11 Å². The number of nitrogens with zero attached hydrogens (tertiary/aromatic N) is 2. The molecule has 0 saturated heterocycles. The van der Waals surface area contributed by atoms with Gasteiger partial charge in [-0.1, -0.05) is 11.8 Å². The molecule has 0 aliphatic rings. The quantitative estimate of drug-likeness (QED) is 0.780. The minimum Gasteiger partial charge on any atom is -0.383 e. The van der Waals surface area contributed by atoms with Crippen LogP contribution in [0, 0.1) is 0 Å². The van der Waals surface area contributed by atoms with Crippen molar-refractivity contribution < 1.29 is 18.3 Å². The zero-order valence-corrected chi connectivity index (χ0v) is 10.6. The first-order valence-corrected chi connectivity index (χ1v) is 7.09. The number of aliphatic hydroxyl groups is 1. The summed E-state index contributed by atoms with van der Waals surface area (Å²) in [7, 11) is 0. The molecule has 0 saturated carbocycles. The van der Waals surface area contributed by atoms with Crippen molar-refractivity contribution in [3.63, 3.8) is 0 Å². The van der Waals surface area contributed by atoms with Gasteiger partial charge in [0.05, 0.1) is 0 Å². The highest BCUT2D eigenvalue weighted by Gasteiger charge is 2.38. The molecule has 0 radical (unpaired) electrons. The van der Waals surface area contributed by atoms with Crippen molar-refractivity contribution in [2.24, 2.45) is 0 Å². The second kappa shape index (κ2) is 6.50. The third-order valence-electron chi connectivity index (χ3n) is 1.80. The normalized spacial score (nSPS) is 13.9. The number of alkyl halides is 3. The van der Waals surface area contributed by atoms with E-state index in [4.69, 9.17) is 5.11 Å². The van der Waals surface area contributed by atoms with Crippen LogP contribution in [0.25, 0.3) is 0 Å². The maximum absolute atomic E-state index is 12.0. The standard InChI is InChI=1S/C8H12F3N3OS2/c1-16-3-2-6-12-7(14-13-6)17-4-5(15)8(9,10)11/h5,15H,2-4H2,1H3,(H,12,13,14). The largest absolute Gasteiger partial charge is 0.415 e. The Balaban J connectivity index is 2.39. The molecule has 0 aliphatic heterocycles. The molecule has 4 nitrogen and oxygen atoms in total. The van der Waals surface area contributed by atoms with Crippen LogP contribution >= 0.6 is 23.5 Å². The summed E-state index contributed by atoms with van der Waals surface area (Å²) in [5.41, 5.74) is 0. The summed E-state index contributed by atoms with van der Waals surface area (Å²) in [6, 6.07) is 0. The molecular weight excluding hydrogens is 275 g/mol. The average Bonchev–Trinajstić information content (AvgIpc) is 2.69. The van der Waals surface area contributed by atoms with Crippen molar-refractivity contribution in [2.45, 2.75) is 23.9 Å². The third-order valence-corrected chi connectivity index (χ3v) is 3.34. The number of aryl methyl sites for hydroxylation is 1. The summed E-state index contributed by atoms with van der Waals surface area (Å²) in [5, 5.41) is 15.4. The molecule has 0 aliphatic carbocycles. The number of rotatable bonds is 6. The van der Waals surface area contributed by atoms with Crippen molar-refractivity contribution >= 4 is 23.5 Å². The summed E-state index contributed by atoms with van der Waals surface area (Å²) >= 11 is 2.42. The fourth-order valence-corrected chi connectivity index (χ4v) is 2.08. The Bertz CT molecular complexity index is 345. The first-order chi connectivity index (χ1) is 7.93. The van der Waals surface area contributed by atoms with Crippen molar-refractivity contribution in [2.75, 3.05) is 17.8 Å². The van der Waals surface area contributed by atoms with Crippen LogP contribution in [-0.4, -0.2) is 50.3 Å². The third kappa shape index (κ3) is 5.17. The summed E-state index contributed by atoms with van der Waals surface area (Å²) in [6.45, 7) is 0. The Hall–Kier alpha value is -0.410. The van der Waals surface area contributed by atoms with Crippen molar-refractivity contribution in [1.82, 2.24) is 15.2 Å². The van der Waals surface area contributed by atoms with Gasteiger partial charge in [-0.2, -0.15) is 24.9 Å². The van der Waals surface area contributed by atoms with Gasteiger partial charge in [-0.15, -0.1) is 5.10 Å². The van der Waals surface area contributed by atoms with E-state index in [1.807, 2.05) is 6.26 Å². The first kappa shape index (κ1) is 14.7. The molecule has 1 heterocycles. The van der Waals surface area contributed by atoms with E-state index in [0.717, 1.165) is 17.5 Å². The van der Waals surface area contributed by atoms with Crippen LogP contribution in [0.5, 0.6) is 0 Å². The minimum absolute atomic E-state index is 0.226. The van der Waals surface area contributed by atoms with E-state index < -0.39 is 18.0 Å². The predicted molar refractivity (Wildman–Crippen MR) is 61.3 cm³/mol. The van der Waals surface area contributed by atoms with Gasteiger partial charge in [-0.3, -0.25) is 5.10 Å². The number of aromatic amines is 1. The van der Waals surface area contributed by atoms with Crippen LogP contribution in [0.15, 0.2) is 5.16 Å². The maximum Gasteiger partial charge on any atom is 0.415 e. The number of aliphatic hydroxyl groups excluding tert-OH is 1. The van der Waals surface area contributed by atoms with E-state index in [2.05, 4.69) is 15.2 Å². The second-order valence-corrected chi connectivity index (χ2v) is 5.15. The van der Waals surface area contributed by atoms with Crippen LogP contribution in [0.2, 0.25) is 0 Å². The molecule has 0 aromatic carbocycles.